The molecule has 0 aliphatic carbocycles. The van der Waals surface area contributed by atoms with Gasteiger partial charge in [-0.05, 0) is 53.9 Å². The number of anilines is 1. The monoisotopic (exact) mass is 433 g/mol. The number of aryl methyl sites for hydroxylation is 1. The van der Waals surface area contributed by atoms with Gasteiger partial charge in [-0.25, -0.2) is 4.39 Å². The van der Waals surface area contributed by atoms with Gasteiger partial charge in [0.05, 0.1) is 24.6 Å². The number of ether oxygens (including phenoxy) is 1. The second-order valence-electron chi connectivity index (χ2n) is 7.60. The number of fused-ring (bicyclic) bond motifs is 1. The van der Waals surface area contributed by atoms with Crippen LogP contribution in [0.4, 0.5) is 10.1 Å². The van der Waals surface area contributed by atoms with E-state index in [0.29, 0.717) is 30.5 Å². The summed E-state index contributed by atoms with van der Waals surface area (Å²) in [6.45, 7) is 0.431. The van der Waals surface area contributed by atoms with Gasteiger partial charge in [0.2, 0.25) is 5.91 Å². The number of amides is 1. The number of hydrogen-bond donors (Lipinski definition) is 1. The third-order valence-corrected chi connectivity index (χ3v) is 5.50. The molecule has 4 aromatic rings. The van der Waals surface area contributed by atoms with Gasteiger partial charge in [-0.1, -0.05) is 30.3 Å². The Labute approximate surface area is 184 Å². The van der Waals surface area contributed by atoms with Crippen molar-refractivity contribution < 1.29 is 13.9 Å². The summed E-state index contributed by atoms with van der Waals surface area (Å²) in [5.41, 5.74) is 3.00. The van der Waals surface area contributed by atoms with E-state index in [1.807, 2.05) is 35.0 Å². The van der Waals surface area contributed by atoms with Crippen LogP contribution >= 0.6 is 0 Å². The largest absolute Gasteiger partial charge is 0.496 e. The molecule has 1 N–H and O–H groups in total. The summed E-state index contributed by atoms with van der Waals surface area (Å²) in [4.78, 5) is 25.2. The summed E-state index contributed by atoms with van der Waals surface area (Å²) in [5, 5.41) is 3.39. The number of carbonyl (C=O) groups excluding carboxylic acids is 1. The molecule has 0 unspecified atom stereocenters. The van der Waals surface area contributed by atoms with E-state index >= 15 is 0 Å². The van der Waals surface area contributed by atoms with Crippen molar-refractivity contribution >= 4 is 22.5 Å². The van der Waals surface area contributed by atoms with Gasteiger partial charge in [-0.2, -0.15) is 0 Å². The highest BCUT2D eigenvalue weighted by molar-refractivity contribution is 5.93. The molecule has 0 fully saturated rings. The Hall–Kier alpha value is -3.87. The molecule has 1 heterocycles. The second-order valence-corrected chi connectivity index (χ2v) is 7.60. The molecule has 1 aromatic heterocycles. The predicted molar refractivity (Wildman–Crippen MR) is 123 cm³/mol. The standard InChI is InChI=1S/C25H24FN3O3/c1-28-25(31)21-15-20(27-24(30)14-9-18-5-3-4-6-23(18)32-2)12-13-22(21)29(28)16-17-7-10-19(26)11-8-17/h3-8,10-13,15H,9,14,16H2,1-2H3,(H,27,30). The summed E-state index contributed by atoms with van der Waals surface area (Å²) in [5.74, 6) is 0.316. The zero-order valence-corrected chi connectivity index (χ0v) is 18.0. The average Bonchev–Trinajstić information content (AvgIpc) is 3.03. The Balaban J connectivity index is 1.51. The van der Waals surface area contributed by atoms with Crippen molar-refractivity contribution in [3.8, 4) is 5.75 Å². The molecule has 0 saturated carbocycles. The number of nitrogens with one attached hydrogen (secondary N) is 1. The van der Waals surface area contributed by atoms with Crippen LogP contribution in [0.15, 0.2) is 71.5 Å². The van der Waals surface area contributed by atoms with Crippen LogP contribution in [0.2, 0.25) is 0 Å². The highest BCUT2D eigenvalue weighted by Crippen LogP contribution is 2.21. The molecule has 6 nitrogen and oxygen atoms in total. The molecular weight excluding hydrogens is 409 g/mol. The third kappa shape index (κ3) is 4.42. The number of methoxy groups -OCH3 is 1. The van der Waals surface area contributed by atoms with E-state index in [-0.39, 0.29) is 17.3 Å². The van der Waals surface area contributed by atoms with Gasteiger partial charge in [0.15, 0.2) is 0 Å². The predicted octanol–water partition coefficient (Wildman–Crippen LogP) is 4.11. The minimum Gasteiger partial charge on any atom is -0.496 e. The molecule has 1 amide bonds. The Kier molecular flexibility index (Phi) is 6.07. The fourth-order valence-corrected chi connectivity index (χ4v) is 3.79. The number of benzene rings is 3. The SMILES string of the molecule is COc1ccccc1CCC(=O)Nc1ccc2c(c1)c(=O)n(C)n2Cc1ccc(F)cc1. The van der Waals surface area contributed by atoms with Crippen LogP contribution in [0.1, 0.15) is 17.5 Å². The lowest BCUT2D eigenvalue weighted by Gasteiger charge is -2.10. The van der Waals surface area contributed by atoms with Crippen molar-refractivity contribution in [1.82, 2.24) is 9.36 Å². The Morgan fingerprint density at radius 2 is 1.81 bits per heavy atom. The fourth-order valence-electron chi connectivity index (χ4n) is 3.79. The topological polar surface area (TPSA) is 65.3 Å². The van der Waals surface area contributed by atoms with E-state index in [1.165, 1.54) is 16.8 Å². The van der Waals surface area contributed by atoms with Gasteiger partial charge in [0.1, 0.15) is 11.6 Å². The van der Waals surface area contributed by atoms with Crippen LogP contribution < -0.4 is 15.6 Å². The van der Waals surface area contributed by atoms with Crippen molar-refractivity contribution in [2.45, 2.75) is 19.4 Å². The fraction of sp³-hybridized carbons (Fsp3) is 0.200. The van der Waals surface area contributed by atoms with E-state index in [9.17, 15) is 14.0 Å². The van der Waals surface area contributed by atoms with Crippen LogP contribution in [0.5, 0.6) is 5.75 Å². The highest BCUT2D eigenvalue weighted by atomic mass is 19.1. The molecule has 0 radical (unpaired) electrons. The summed E-state index contributed by atoms with van der Waals surface area (Å²) in [6, 6.07) is 19.1. The molecule has 0 spiro atoms. The normalized spacial score (nSPS) is 11.0. The number of hydrogen-bond acceptors (Lipinski definition) is 3. The first kappa shape index (κ1) is 21.4. The summed E-state index contributed by atoms with van der Waals surface area (Å²) in [7, 11) is 3.30. The van der Waals surface area contributed by atoms with Crippen LogP contribution in [0.25, 0.3) is 10.9 Å². The lowest BCUT2D eigenvalue weighted by molar-refractivity contribution is -0.116. The number of aromatic nitrogens is 2. The van der Waals surface area contributed by atoms with Gasteiger partial charge in [0, 0.05) is 19.2 Å². The molecule has 32 heavy (non-hydrogen) atoms. The van der Waals surface area contributed by atoms with Gasteiger partial charge in [-0.3, -0.25) is 19.0 Å². The molecule has 3 aromatic carbocycles. The first-order valence-corrected chi connectivity index (χ1v) is 10.3. The van der Waals surface area contributed by atoms with E-state index < -0.39 is 0 Å². The Morgan fingerprint density at radius 3 is 2.56 bits per heavy atom. The lowest BCUT2D eigenvalue weighted by Crippen LogP contribution is -2.19. The molecule has 0 aliphatic rings. The van der Waals surface area contributed by atoms with E-state index in [4.69, 9.17) is 4.74 Å². The van der Waals surface area contributed by atoms with Crippen molar-refractivity contribution in [3.05, 3.63) is 94.0 Å². The average molecular weight is 433 g/mol. The quantitative estimate of drug-likeness (QED) is 0.477. The van der Waals surface area contributed by atoms with Crippen molar-refractivity contribution in [3.63, 3.8) is 0 Å². The molecule has 0 atom stereocenters. The minimum atomic E-state index is -0.300. The van der Waals surface area contributed by atoms with Gasteiger partial charge >= 0.3 is 0 Å². The van der Waals surface area contributed by atoms with Gasteiger partial charge in [-0.15, -0.1) is 0 Å². The van der Waals surface area contributed by atoms with Gasteiger partial charge in [0.25, 0.3) is 5.56 Å². The molecule has 7 heteroatoms. The number of para-hydroxylation sites is 1. The number of rotatable bonds is 7. The van der Waals surface area contributed by atoms with Crippen molar-refractivity contribution in [1.29, 1.82) is 0 Å². The van der Waals surface area contributed by atoms with Crippen LogP contribution in [-0.4, -0.2) is 22.4 Å². The Morgan fingerprint density at radius 1 is 1.06 bits per heavy atom. The number of halogens is 1. The second kappa shape index (κ2) is 9.09. The minimum absolute atomic E-state index is 0.141. The maximum absolute atomic E-state index is 13.2. The zero-order chi connectivity index (χ0) is 22.7. The van der Waals surface area contributed by atoms with E-state index in [1.54, 1.807) is 38.4 Å². The molecule has 164 valence electrons. The maximum Gasteiger partial charge on any atom is 0.274 e. The van der Waals surface area contributed by atoms with E-state index in [2.05, 4.69) is 5.32 Å². The number of nitrogens with zero attached hydrogens (tertiary/aromatic N) is 2. The number of carbonyl (C=O) groups is 1. The van der Waals surface area contributed by atoms with Crippen LogP contribution in [0, 0.1) is 5.82 Å². The molecule has 0 bridgehead atoms. The summed E-state index contributed by atoms with van der Waals surface area (Å²) < 4.78 is 21.9. The maximum atomic E-state index is 13.2. The zero-order valence-electron chi connectivity index (χ0n) is 18.0. The van der Waals surface area contributed by atoms with Gasteiger partial charge < -0.3 is 10.1 Å². The first-order valence-electron chi connectivity index (χ1n) is 10.3. The molecular formula is C25H24FN3O3. The summed E-state index contributed by atoms with van der Waals surface area (Å²) >= 11 is 0. The smallest absolute Gasteiger partial charge is 0.274 e. The lowest BCUT2D eigenvalue weighted by atomic mass is 10.1. The van der Waals surface area contributed by atoms with Crippen molar-refractivity contribution in [2.24, 2.45) is 7.05 Å². The van der Waals surface area contributed by atoms with E-state index in [0.717, 1.165) is 22.4 Å². The summed E-state index contributed by atoms with van der Waals surface area (Å²) in [6.07, 6.45) is 0.843. The highest BCUT2D eigenvalue weighted by Gasteiger charge is 2.13. The van der Waals surface area contributed by atoms with Crippen molar-refractivity contribution in [2.75, 3.05) is 12.4 Å². The molecule has 0 aliphatic heterocycles. The van der Waals surface area contributed by atoms with Crippen LogP contribution in [-0.2, 0) is 24.8 Å². The Bertz CT molecular complexity index is 1320. The third-order valence-electron chi connectivity index (χ3n) is 5.50. The first-order chi connectivity index (χ1) is 15.5. The van der Waals surface area contributed by atoms with Crippen LogP contribution in [0.3, 0.4) is 0 Å². The molecule has 0 saturated heterocycles. The molecule has 4 rings (SSSR count).